The van der Waals surface area contributed by atoms with Crippen molar-refractivity contribution in [3.63, 3.8) is 0 Å². The fraction of sp³-hybridized carbons (Fsp3) is 0.278. The van der Waals surface area contributed by atoms with E-state index in [1.807, 2.05) is 6.07 Å². The number of esters is 1. The van der Waals surface area contributed by atoms with Gasteiger partial charge in [-0.15, -0.1) is 0 Å². The predicted octanol–water partition coefficient (Wildman–Crippen LogP) is 0.414. The molecule has 2 aromatic carbocycles. The van der Waals surface area contributed by atoms with Gasteiger partial charge < -0.3 is 0 Å². The van der Waals surface area contributed by atoms with Crippen LogP contribution in [0.4, 0.5) is 5.69 Å². The molecule has 0 amide bonds. The molecule has 2 aromatic rings. The third-order valence-electron chi connectivity index (χ3n) is 4.19. The number of benzene rings is 2. The van der Waals surface area contributed by atoms with Gasteiger partial charge in [0, 0.05) is 0 Å². The average Bonchev–Trinajstić information content (AvgIpc) is 3.44. The van der Waals surface area contributed by atoms with Gasteiger partial charge in [-0.3, -0.25) is 0 Å². The predicted molar refractivity (Wildman–Crippen MR) is 104 cm³/mol. The molecule has 2 atom stereocenters. The third-order valence-corrected chi connectivity index (χ3v) is 10.8. The minimum absolute atomic E-state index is 0.192. The van der Waals surface area contributed by atoms with E-state index in [-0.39, 0.29) is 29.5 Å². The van der Waals surface area contributed by atoms with Crippen LogP contribution in [0.3, 0.4) is 0 Å². The summed E-state index contributed by atoms with van der Waals surface area (Å²) in [5, 5.41) is -0.715. The molecule has 0 bridgehead atoms. The summed E-state index contributed by atoms with van der Waals surface area (Å²) >= 11 is 9.55. The normalized spacial score (nSPS) is 20.3. The second kappa shape index (κ2) is 8.26. The number of anilines is 1. The van der Waals surface area contributed by atoms with Crippen LogP contribution in [-0.2, 0) is 26.0 Å². The maximum atomic E-state index is 12.7. The van der Waals surface area contributed by atoms with Gasteiger partial charge in [-0.1, -0.05) is 0 Å². The Morgan fingerprint density at radius 3 is 2.59 bits per heavy atom. The number of nitrogens with one attached hydrogen (secondary N) is 1. The summed E-state index contributed by atoms with van der Waals surface area (Å²) in [7, 11) is -2.38. The molecule has 3 rings (SSSR count). The van der Waals surface area contributed by atoms with Crippen LogP contribution < -0.4 is 25.9 Å². The number of ether oxygens (including phenoxy) is 1. The molecule has 146 valence electrons. The minimum atomic E-state index is -3.71. The zero-order valence-corrected chi connectivity index (χ0v) is 19.6. The van der Waals surface area contributed by atoms with Gasteiger partial charge in [-0.25, -0.2) is 0 Å². The molecule has 1 heterocycles. The van der Waals surface area contributed by atoms with Gasteiger partial charge in [0.2, 0.25) is 0 Å². The molecular formula is C18H17BrClINO4S-. The topological polar surface area (TPSA) is 72.5 Å². The van der Waals surface area contributed by atoms with Crippen LogP contribution in [-0.4, -0.2) is 34.7 Å². The molecule has 1 aliphatic rings. The van der Waals surface area contributed by atoms with Crippen molar-refractivity contribution >= 4 is 49.2 Å². The van der Waals surface area contributed by atoms with E-state index in [1.165, 1.54) is 7.11 Å². The standard InChI is InChI=1S/C18H17BrClINO4S/c1-26-17(23)16(20)18(11-21-18)10-12-9-13(19)7-8-15(12)22-27(24,25)14-5-3-2-4-6-14/h2-9,16,22H,10-11H2,1H3/q-1. The molecule has 1 aliphatic heterocycles. The zero-order valence-electron chi connectivity index (χ0n) is 14.3. The summed E-state index contributed by atoms with van der Waals surface area (Å²) < 4.78 is 34.3. The van der Waals surface area contributed by atoms with E-state index in [0.717, 1.165) is 14.5 Å². The second-order valence-corrected chi connectivity index (χ2v) is 12.8. The number of carbonyl (C=O) groups is 1. The molecule has 1 fully saturated rings. The quantitative estimate of drug-likeness (QED) is 0.291. The van der Waals surface area contributed by atoms with E-state index >= 15 is 0 Å². The number of alkyl halides is 3. The number of hydrogen-bond acceptors (Lipinski definition) is 4. The van der Waals surface area contributed by atoms with Gasteiger partial charge in [-0.05, 0) is 0 Å². The van der Waals surface area contributed by atoms with Gasteiger partial charge in [0.15, 0.2) is 0 Å². The summed E-state index contributed by atoms with van der Waals surface area (Å²) in [6.45, 7) is 0. The van der Waals surface area contributed by atoms with Crippen LogP contribution in [0.5, 0.6) is 0 Å². The Balaban J connectivity index is 1.90. The van der Waals surface area contributed by atoms with E-state index in [0.29, 0.717) is 12.1 Å². The summed E-state index contributed by atoms with van der Waals surface area (Å²) in [6, 6.07) is 13.6. The number of methoxy groups -OCH3 is 1. The Labute approximate surface area is 182 Å². The molecule has 1 saturated heterocycles. The monoisotopic (exact) mass is 584 g/mol. The molecule has 9 heteroatoms. The molecule has 0 aliphatic carbocycles. The van der Waals surface area contributed by atoms with Crippen molar-refractivity contribution in [3.8, 4) is 0 Å². The fourth-order valence-corrected chi connectivity index (χ4v) is 7.59. The van der Waals surface area contributed by atoms with Crippen molar-refractivity contribution in [1.29, 1.82) is 0 Å². The van der Waals surface area contributed by atoms with E-state index in [2.05, 4.69) is 20.7 Å². The molecule has 2 unspecified atom stereocenters. The summed E-state index contributed by atoms with van der Waals surface area (Å²) in [5.74, 6) is -0.435. The second-order valence-electron chi connectivity index (χ2n) is 6.08. The molecule has 0 saturated carbocycles. The van der Waals surface area contributed by atoms with Gasteiger partial charge in [0.25, 0.3) is 0 Å². The Morgan fingerprint density at radius 1 is 1.33 bits per heavy atom. The van der Waals surface area contributed by atoms with Crippen molar-refractivity contribution < 1.29 is 39.2 Å². The molecular weight excluding hydrogens is 569 g/mol. The number of rotatable bonds is 7. The first-order valence-electron chi connectivity index (χ1n) is 7.96. The fourth-order valence-electron chi connectivity index (χ4n) is 2.65. The number of hydrogen-bond donors (Lipinski definition) is 1. The van der Waals surface area contributed by atoms with E-state index in [4.69, 9.17) is 16.3 Å². The molecule has 1 N–H and O–H groups in total. The van der Waals surface area contributed by atoms with Gasteiger partial charge in [-0.2, -0.15) is 0 Å². The maximum absolute atomic E-state index is 12.7. The van der Waals surface area contributed by atoms with E-state index in [9.17, 15) is 13.2 Å². The van der Waals surface area contributed by atoms with Crippen LogP contribution in [0.25, 0.3) is 0 Å². The molecule has 27 heavy (non-hydrogen) atoms. The summed E-state index contributed by atoms with van der Waals surface area (Å²) in [4.78, 5) is 12.1. The molecule has 0 aromatic heterocycles. The molecule has 0 spiro atoms. The van der Waals surface area contributed by atoms with Crippen LogP contribution in [0.15, 0.2) is 57.9 Å². The third kappa shape index (κ3) is 4.78. The Morgan fingerprint density at radius 2 is 2.00 bits per heavy atom. The van der Waals surface area contributed by atoms with Gasteiger partial charge in [0.1, 0.15) is 0 Å². The number of halogens is 3. The van der Waals surface area contributed by atoms with Gasteiger partial charge >= 0.3 is 183 Å². The summed E-state index contributed by atoms with van der Waals surface area (Å²) in [5.41, 5.74) is 1.29. The van der Waals surface area contributed by atoms with Crippen LogP contribution in [0.2, 0.25) is 0 Å². The van der Waals surface area contributed by atoms with Crippen molar-refractivity contribution in [3.05, 3.63) is 58.6 Å². The number of carbonyl (C=O) groups excluding carboxylic acids is 1. The Hall–Kier alpha value is -0.840. The van der Waals surface area contributed by atoms with Crippen molar-refractivity contribution in [2.24, 2.45) is 0 Å². The van der Waals surface area contributed by atoms with Crippen molar-refractivity contribution in [1.82, 2.24) is 0 Å². The Kier molecular flexibility index (Phi) is 6.39. The van der Waals surface area contributed by atoms with E-state index < -0.39 is 21.4 Å². The van der Waals surface area contributed by atoms with E-state index in [1.54, 1.807) is 42.5 Å². The first-order chi connectivity index (χ1) is 12.8. The Bertz CT molecular complexity index is 951. The van der Waals surface area contributed by atoms with Crippen LogP contribution >= 0.6 is 27.5 Å². The molecule has 0 radical (unpaired) electrons. The first-order valence-corrected chi connectivity index (χ1v) is 13.3. The van der Waals surface area contributed by atoms with Crippen molar-refractivity contribution in [2.45, 2.75) is 20.1 Å². The van der Waals surface area contributed by atoms with Crippen LogP contribution in [0.1, 0.15) is 5.56 Å². The zero-order chi connectivity index (χ0) is 19.7. The SMILES string of the molecule is COC(=O)C(Cl)C1(Cc2cc(Br)ccc2NS(=O)(=O)c2ccccc2)C[I-]1. The average molecular weight is 586 g/mol. The van der Waals surface area contributed by atoms with Crippen molar-refractivity contribution in [2.75, 3.05) is 16.3 Å². The number of sulfonamides is 1. The summed E-state index contributed by atoms with van der Waals surface area (Å²) in [6.07, 6.45) is 0.523. The first kappa shape index (κ1) is 20.9. The molecule has 5 nitrogen and oxygen atoms in total. The van der Waals surface area contributed by atoms with Crippen LogP contribution in [0, 0.1) is 0 Å². The van der Waals surface area contributed by atoms with Gasteiger partial charge in [0.05, 0.1) is 0 Å².